The van der Waals surface area contributed by atoms with Crippen LogP contribution in [0.1, 0.15) is 90.3 Å². The summed E-state index contributed by atoms with van der Waals surface area (Å²) in [5.41, 5.74) is 5.69. The molecule has 0 saturated carbocycles. The summed E-state index contributed by atoms with van der Waals surface area (Å²) in [6, 6.07) is 28.4. The minimum absolute atomic E-state index is 0.0101. The first kappa shape index (κ1) is 43.8. The van der Waals surface area contributed by atoms with Gasteiger partial charge >= 0.3 is 7.12 Å². The lowest BCUT2D eigenvalue weighted by molar-refractivity contribution is -0.136. The van der Waals surface area contributed by atoms with Crippen molar-refractivity contribution in [1.82, 2.24) is 35.6 Å². The van der Waals surface area contributed by atoms with E-state index < -0.39 is 48.7 Å². The number of hydrogen-bond acceptors (Lipinski definition) is 12. The molecule has 10 rings (SSSR count). The van der Waals surface area contributed by atoms with E-state index in [1.165, 1.54) is 6.07 Å². The number of amides is 6. The smallest absolute Gasteiger partial charge is 0.519 e. The van der Waals surface area contributed by atoms with Crippen molar-refractivity contribution in [3.05, 3.63) is 159 Å². The molecular formula is C49H40BClN8O9. The molecule has 6 aromatic rings. The lowest BCUT2D eigenvalue weighted by atomic mass is 9.79. The van der Waals surface area contributed by atoms with Crippen molar-refractivity contribution < 1.29 is 42.8 Å². The first-order valence-electron chi connectivity index (χ1n) is 21.8. The molecule has 0 aliphatic carbocycles. The van der Waals surface area contributed by atoms with Gasteiger partial charge in [0.05, 0.1) is 36.1 Å². The normalized spacial score (nSPS) is 16.9. The predicted octanol–water partition coefficient (Wildman–Crippen LogP) is 4.38. The third-order valence-corrected chi connectivity index (χ3v) is 12.5. The summed E-state index contributed by atoms with van der Waals surface area (Å²) in [6.45, 7) is 2.15. The zero-order chi connectivity index (χ0) is 47.2. The molecule has 68 heavy (non-hydrogen) atoms. The highest BCUT2D eigenvalue weighted by molar-refractivity contribution is 6.63. The SMILES string of the molecule is COc1ccc2c(c1)C(c1ccc(Cl)cc1)=N[C@@H](CC(=O)NCCc1ccc3c(c1)OB(c1ccc(C(=O)NCc4cccc5c4C(=O)N(C4CCC(=O)NC4=O)C5=O)cc1)O3)c1nnc(C)n1-2. The maximum Gasteiger partial charge on any atom is 0.632 e. The van der Waals surface area contributed by atoms with Crippen LogP contribution in [0, 0.1) is 6.92 Å². The van der Waals surface area contributed by atoms with Gasteiger partial charge in [0.25, 0.3) is 17.7 Å². The van der Waals surface area contributed by atoms with Crippen molar-refractivity contribution in [2.75, 3.05) is 13.7 Å². The van der Waals surface area contributed by atoms with E-state index in [1.807, 2.05) is 60.0 Å². The van der Waals surface area contributed by atoms with Crippen LogP contribution in [-0.2, 0) is 27.3 Å². The molecule has 1 saturated heterocycles. The molecule has 4 aliphatic rings. The minimum Gasteiger partial charge on any atom is -0.519 e. The van der Waals surface area contributed by atoms with Crippen molar-refractivity contribution in [2.45, 2.75) is 51.2 Å². The van der Waals surface area contributed by atoms with Gasteiger partial charge in [-0.05, 0) is 91.6 Å². The first-order chi connectivity index (χ1) is 32.9. The van der Waals surface area contributed by atoms with Crippen molar-refractivity contribution >= 4 is 65.3 Å². The van der Waals surface area contributed by atoms with E-state index in [0.717, 1.165) is 27.3 Å². The largest absolute Gasteiger partial charge is 0.632 e. The first-order valence-corrected chi connectivity index (χ1v) is 22.2. The van der Waals surface area contributed by atoms with Gasteiger partial charge in [0.2, 0.25) is 17.7 Å². The third kappa shape index (κ3) is 8.23. The second-order valence-corrected chi connectivity index (χ2v) is 17.0. The monoisotopic (exact) mass is 930 g/mol. The van der Waals surface area contributed by atoms with Crippen molar-refractivity contribution in [2.24, 2.45) is 4.99 Å². The lowest BCUT2D eigenvalue weighted by Crippen LogP contribution is -2.54. The Labute approximate surface area is 394 Å². The van der Waals surface area contributed by atoms with Gasteiger partial charge in [0.1, 0.15) is 35.2 Å². The van der Waals surface area contributed by atoms with Crippen LogP contribution in [0.3, 0.4) is 0 Å². The van der Waals surface area contributed by atoms with Crippen LogP contribution in [-0.4, -0.2) is 87.6 Å². The number of aliphatic imine (C=N–C) groups is 1. The second-order valence-electron chi connectivity index (χ2n) is 16.6. The number of methoxy groups -OCH3 is 1. The van der Waals surface area contributed by atoms with E-state index >= 15 is 0 Å². The van der Waals surface area contributed by atoms with Crippen LogP contribution in [0.2, 0.25) is 5.02 Å². The number of aryl methyl sites for hydroxylation is 1. The Morgan fingerprint density at radius 2 is 1.68 bits per heavy atom. The molecular weight excluding hydrogens is 891 g/mol. The molecule has 5 aromatic carbocycles. The summed E-state index contributed by atoms with van der Waals surface area (Å²) in [4.78, 5) is 83.8. The predicted molar refractivity (Wildman–Crippen MR) is 248 cm³/mol. The van der Waals surface area contributed by atoms with Crippen molar-refractivity contribution in [3.63, 3.8) is 0 Å². The molecule has 1 fully saturated rings. The van der Waals surface area contributed by atoms with Gasteiger partial charge in [0, 0.05) is 46.7 Å². The van der Waals surface area contributed by atoms with E-state index in [9.17, 15) is 28.8 Å². The fourth-order valence-corrected chi connectivity index (χ4v) is 8.99. The summed E-state index contributed by atoms with van der Waals surface area (Å²) in [6.07, 6.45) is 0.581. The van der Waals surface area contributed by atoms with Gasteiger partial charge in [0.15, 0.2) is 5.82 Å². The van der Waals surface area contributed by atoms with Gasteiger partial charge in [-0.3, -0.25) is 48.5 Å². The number of hydrogen-bond donors (Lipinski definition) is 3. The number of rotatable bonds is 12. The average Bonchev–Trinajstić information content (AvgIpc) is 3.99. The molecule has 1 unspecified atom stereocenters. The number of imide groups is 2. The Hall–Kier alpha value is -8.12. The van der Waals surface area contributed by atoms with Crippen LogP contribution in [0.15, 0.2) is 108 Å². The number of fused-ring (bicyclic) bond motifs is 5. The van der Waals surface area contributed by atoms with Crippen molar-refractivity contribution in [1.29, 1.82) is 0 Å². The van der Waals surface area contributed by atoms with Crippen LogP contribution >= 0.6 is 11.6 Å². The molecule has 17 nitrogen and oxygen atoms in total. The Bertz CT molecular complexity index is 3120. The molecule has 2 atom stereocenters. The van der Waals surface area contributed by atoms with Gasteiger partial charge < -0.3 is 24.7 Å². The number of benzene rings is 5. The molecule has 0 bridgehead atoms. The summed E-state index contributed by atoms with van der Waals surface area (Å²) in [7, 11) is 0.838. The zero-order valence-corrected chi connectivity index (χ0v) is 37.3. The Morgan fingerprint density at radius 3 is 2.46 bits per heavy atom. The number of nitrogens with zero attached hydrogens (tertiary/aromatic N) is 5. The molecule has 4 aliphatic heterocycles. The number of carbonyl (C=O) groups is 6. The van der Waals surface area contributed by atoms with E-state index in [1.54, 1.807) is 55.6 Å². The topological polar surface area (TPSA) is 213 Å². The molecule has 0 radical (unpaired) electrons. The van der Waals surface area contributed by atoms with Crippen LogP contribution in [0.5, 0.6) is 17.2 Å². The standard InChI is InChI=1S/C49H40BClN8O9/c1-26-56-57-45-36(54-44(28-9-13-32(51)14-10-28)35-23-33(66-2)15-16-37(35)58(26)45)24-42(61)52-21-20-27-6-18-39-40(22-27)68-50(67-39)31-11-7-29(8-12-31)46(62)53-25-30-4-3-5-34-43(30)49(65)59(48(34)64)38-17-19-41(60)55-47(38)63/h3-16,18,22-23,36,38H,17,19-21,24-25H2,1-2H3,(H,52,61)(H,53,62)(H,55,60,63)/t36-,38?/m0/s1. The number of ether oxygens (including phenoxy) is 1. The van der Waals surface area contributed by atoms with E-state index in [2.05, 4.69) is 26.1 Å². The summed E-state index contributed by atoms with van der Waals surface area (Å²) in [5, 5.41) is 17.5. The molecule has 19 heteroatoms. The highest BCUT2D eigenvalue weighted by atomic mass is 35.5. The molecule has 3 N–H and O–H groups in total. The molecule has 340 valence electrons. The highest BCUT2D eigenvalue weighted by Crippen LogP contribution is 2.36. The van der Waals surface area contributed by atoms with E-state index in [-0.39, 0.29) is 42.8 Å². The van der Waals surface area contributed by atoms with Gasteiger partial charge in [-0.1, -0.05) is 54.1 Å². The molecule has 6 amide bonds. The number of nitrogens with one attached hydrogen (secondary N) is 3. The number of halogens is 1. The quantitative estimate of drug-likeness (QED) is 0.116. The lowest BCUT2D eigenvalue weighted by Gasteiger charge is -2.27. The van der Waals surface area contributed by atoms with E-state index in [0.29, 0.717) is 69.2 Å². The summed E-state index contributed by atoms with van der Waals surface area (Å²) < 4.78 is 19.8. The van der Waals surface area contributed by atoms with Gasteiger partial charge in [-0.2, -0.15) is 0 Å². The fourth-order valence-electron chi connectivity index (χ4n) is 8.86. The summed E-state index contributed by atoms with van der Waals surface area (Å²) in [5.74, 6) is -0.126. The van der Waals surface area contributed by atoms with Gasteiger partial charge in [-0.25, -0.2) is 0 Å². The second kappa shape index (κ2) is 17.9. The number of carbonyl (C=O) groups excluding carboxylic acids is 6. The van der Waals surface area contributed by atoms with Crippen LogP contribution in [0.4, 0.5) is 0 Å². The van der Waals surface area contributed by atoms with Crippen molar-refractivity contribution in [3.8, 4) is 22.9 Å². The summed E-state index contributed by atoms with van der Waals surface area (Å²) >= 11 is 6.25. The highest BCUT2D eigenvalue weighted by Gasteiger charge is 2.45. The van der Waals surface area contributed by atoms with E-state index in [4.69, 9.17) is 30.6 Å². The Kier molecular flexibility index (Phi) is 11.5. The average molecular weight is 931 g/mol. The fraction of sp³-hybridized carbons (Fsp3) is 0.204. The minimum atomic E-state index is -1.10. The molecule has 0 spiro atoms. The zero-order valence-electron chi connectivity index (χ0n) is 36.6. The maximum atomic E-state index is 13.6. The Balaban J connectivity index is 0.749. The number of piperidine rings is 1. The Morgan fingerprint density at radius 1 is 0.882 bits per heavy atom. The number of aromatic nitrogens is 3. The molecule has 1 aromatic heterocycles. The van der Waals surface area contributed by atoms with Crippen LogP contribution in [0.25, 0.3) is 5.69 Å². The van der Waals surface area contributed by atoms with Crippen LogP contribution < -0.4 is 35.5 Å². The molecule has 5 heterocycles. The third-order valence-electron chi connectivity index (χ3n) is 12.3. The van der Waals surface area contributed by atoms with Gasteiger partial charge in [-0.15, -0.1) is 10.2 Å². The maximum absolute atomic E-state index is 13.6.